The second-order valence-electron chi connectivity index (χ2n) is 6.11. The summed E-state index contributed by atoms with van der Waals surface area (Å²) in [6.45, 7) is 8.15. The molecule has 4 nitrogen and oxygen atoms in total. The van der Waals surface area contributed by atoms with Gasteiger partial charge in [0.25, 0.3) is 0 Å². The van der Waals surface area contributed by atoms with E-state index in [1.165, 1.54) is 0 Å². The smallest absolute Gasteiger partial charge is 0.496 e. The third kappa shape index (κ3) is 1.85. The van der Waals surface area contributed by atoms with Crippen molar-refractivity contribution in [2.75, 3.05) is 7.11 Å². The highest BCUT2D eigenvalue weighted by atomic mass is 16.7. The molecule has 0 aliphatic carbocycles. The zero-order valence-corrected chi connectivity index (χ0v) is 12.5. The van der Waals surface area contributed by atoms with Gasteiger partial charge in [0.2, 0.25) is 0 Å². The van der Waals surface area contributed by atoms with Crippen LogP contribution in [0.1, 0.15) is 27.7 Å². The first-order chi connectivity index (χ1) is 9.36. The molecule has 1 aromatic heterocycles. The highest BCUT2D eigenvalue weighted by molar-refractivity contribution is 6.64. The molecule has 1 aliphatic heterocycles. The van der Waals surface area contributed by atoms with E-state index in [4.69, 9.17) is 18.5 Å². The van der Waals surface area contributed by atoms with Gasteiger partial charge in [0.15, 0.2) is 0 Å². The van der Waals surface area contributed by atoms with Crippen LogP contribution in [0.2, 0.25) is 0 Å². The van der Waals surface area contributed by atoms with E-state index in [0.29, 0.717) is 0 Å². The van der Waals surface area contributed by atoms with Crippen LogP contribution in [-0.4, -0.2) is 25.4 Å². The average molecular weight is 274 g/mol. The van der Waals surface area contributed by atoms with Gasteiger partial charge in [0.05, 0.1) is 30.0 Å². The number of furan rings is 1. The van der Waals surface area contributed by atoms with E-state index in [9.17, 15) is 0 Å². The molecule has 1 saturated heterocycles. The maximum absolute atomic E-state index is 6.08. The fourth-order valence-electron chi connectivity index (χ4n) is 2.39. The predicted molar refractivity (Wildman–Crippen MR) is 78.5 cm³/mol. The lowest BCUT2D eigenvalue weighted by Gasteiger charge is -2.32. The number of hydrogen-bond donors (Lipinski definition) is 0. The van der Waals surface area contributed by atoms with E-state index in [0.717, 1.165) is 22.2 Å². The van der Waals surface area contributed by atoms with Crippen molar-refractivity contribution in [3.05, 3.63) is 24.5 Å². The lowest BCUT2D eigenvalue weighted by atomic mass is 9.78. The van der Waals surface area contributed by atoms with Crippen molar-refractivity contribution in [1.29, 1.82) is 0 Å². The number of hydrogen-bond acceptors (Lipinski definition) is 4. The van der Waals surface area contributed by atoms with Crippen molar-refractivity contribution in [3.8, 4) is 5.75 Å². The first-order valence-corrected chi connectivity index (χ1v) is 6.75. The summed E-state index contributed by atoms with van der Waals surface area (Å²) in [7, 11) is 1.22. The molecule has 106 valence electrons. The van der Waals surface area contributed by atoms with E-state index in [1.807, 2.05) is 45.9 Å². The molecule has 2 aromatic rings. The van der Waals surface area contributed by atoms with Crippen molar-refractivity contribution in [3.63, 3.8) is 0 Å². The van der Waals surface area contributed by atoms with Gasteiger partial charge in [-0.2, -0.15) is 0 Å². The van der Waals surface area contributed by atoms with Crippen LogP contribution >= 0.6 is 0 Å². The molecule has 5 heteroatoms. The number of ether oxygens (including phenoxy) is 1. The van der Waals surface area contributed by atoms with E-state index in [1.54, 1.807) is 13.4 Å². The quantitative estimate of drug-likeness (QED) is 0.789. The van der Waals surface area contributed by atoms with Crippen LogP contribution in [0.15, 0.2) is 28.9 Å². The second-order valence-corrected chi connectivity index (χ2v) is 6.11. The van der Waals surface area contributed by atoms with E-state index in [2.05, 4.69) is 0 Å². The molecule has 1 aliphatic rings. The Morgan fingerprint density at radius 3 is 2.25 bits per heavy atom. The van der Waals surface area contributed by atoms with Crippen LogP contribution in [0.4, 0.5) is 0 Å². The summed E-state index contributed by atoms with van der Waals surface area (Å²) >= 11 is 0. The predicted octanol–water partition coefficient (Wildman–Crippen LogP) is 2.74. The molecule has 0 atom stereocenters. The lowest BCUT2D eigenvalue weighted by molar-refractivity contribution is 0.00578. The summed E-state index contributed by atoms with van der Waals surface area (Å²) in [4.78, 5) is 0. The summed E-state index contributed by atoms with van der Waals surface area (Å²) in [6, 6.07) is 5.74. The third-order valence-corrected chi connectivity index (χ3v) is 4.33. The molecule has 20 heavy (non-hydrogen) atoms. The van der Waals surface area contributed by atoms with Crippen molar-refractivity contribution in [2.45, 2.75) is 38.9 Å². The van der Waals surface area contributed by atoms with E-state index in [-0.39, 0.29) is 11.2 Å². The molecule has 0 unspecified atom stereocenters. The van der Waals surface area contributed by atoms with Crippen molar-refractivity contribution >= 4 is 23.6 Å². The Morgan fingerprint density at radius 1 is 1.00 bits per heavy atom. The topological polar surface area (TPSA) is 40.8 Å². The van der Waals surface area contributed by atoms with Gasteiger partial charge in [-0.15, -0.1) is 0 Å². The van der Waals surface area contributed by atoms with Crippen LogP contribution in [-0.2, 0) is 9.31 Å². The highest BCUT2D eigenvalue weighted by Crippen LogP contribution is 2.37. The summed E-state index contributed by atoms with van der Waals surface area (Å²) < 4.78 is 23.1. The number of rotatable bonds is 2. The minimum Gasteiger partial charge on any atom is -0.496 e. The standard InChI is InChI=1S/C15H19BO4/c1-14(2)15(3,4)20-16(19-14)11-6-7-12(17-5)10-8-9-18-13(10)11/h6-9H,1-5H3. The van der Waals surface area contributed by atoms with Gasteiger partial charge in [-0.1, -0.05) is 6.07 Å². The first-order valence-electron chi connectivity index (χ1n) is 6.75. The molecular formula is C15H19BO4. The Hall–Kier alpha value is -1.46. The van der Waals surface area contributed by atoms with Gasteiger partial charge in [-0.25, -0.2) is 0 Å². The molecular weight excluding hydrogens is 255 g/mol. The Balaban J connectivity index is 2.07. The Labute approximate surface area is 119 Å². The van der Waals surface area contributed by atoms with Gasteiger partial charge in [0.1, 0.15) is 11.3 Å². The van der Waals surface area contributed by atoms with Gasteiger partial charge < -0.3 is 18.5 Å². The van der Waals surface area contributed by atoms with Crippen LogP contribution in [0.5, 0.6) is 5.75 Å². The zero-order valence-electron chi connectivity index (χ0n) is 12.5. The Morgan fingerprint density at radius 2 is 1.65 bits per heavy atom. The Bertz CT molecular complexity index is 628. The SMILES string of the molecule is COc1ccc(B2OC(C)(C)C(C)(C)O2)c2occc12. The maximum atomic E-state index is 6.08. The molecule has 0 N–H and O–H groups in total. The second kappa shape index (κ2) is 4.27. The molecule has 1 aromatic carbocycles. The summed E-state index contributed by atoms with van der Waals surface area (Å²) in [5, 5.41) is 0.930. The number of fused-ring (bicyclic) bond motifs is 1. The molecule has 3 rings (SSSR count). The first kappa shape index (κ1) is 13.5. The molecule has 0 bridgehead atoms. The lowest BCUT2D eigenvalue weighted by Crippen LogP contribution is -2.41. The van der Waals surface area contributed by atoms with Crippen molar-refractivity contribution < 1.29 is 18.5 Å². The molecule has 0 radical (unpaired) electrons. The number of methoxy groups -OCH3 is 1. The zero-order chi connectivity index (χ0) is 14.5. The van der Waals surface area contributed by atoms with Gasteiger partial charge >= 0.3 is 7.12 Å². The minimum absolute atomic E-state index is 0.365. The summed E-state index contributed by atoms with van der Waals surface area (Å²) in [5.41, 5.74) is 0.917. The van der Waals surface area contributed by atoms with Crippen molar-refractivity contribution in [2.24, 2.45) is 0 Å². The number of benzene rings is 1. The van der Waals surface area contributed by atoms with Crippen molar-refractivity contribution in [1.82, 2.24) is 0 Å². The molecule has 0 saturated carbocycles. The van der Waals surface area contributed by atoms with E-state index < -0.39 is 7.12 Å². The fourth-order valence-corrected chi connectivity index (χ4v) is 2.39. The molecule has 1 fully saturated rings. The molecule has 0 spiro atoms. The average Bonchev–Trinajstić information content (AvgIpc) is 2.91. The monoisotopic (exact) mass is 274 g/mol. The van der Waals surface area contributed by atoms with E-state index >= 15 is 0 Å². The summed E-state index contributed by atoms with van der Waals surface area (Å²) in [5.74, 6) is 0.786. The third-order valence-electron chi connectivity index (χ3n) is 4.33. The highest BCUT2D eigenvalue weighted by Gasteiger charge is 2.52. The van der Waals surface area contributed by atoms with Crippen LogP contribution in [0.3, 0.4) is 0 Å². The van der Waals surface area contributed by atoms with Crippen LogP contribution in [0, 0.1) is 0 Å². The molecule has 0 amide bonds. The minimum atomic E-state index is -0.431. The van der Waals surface area contributed by atoms with Crippen LogP contribution < -0.4 is 10.2 Å². The van der Waals surface area contributed by atoms with Gasteiger partial charge in [0, 0.05) is 5.46 Å². The van der Waals surface area contributed by atoms with Gasteiger partial charge in [-0.05, 0) is 39.8 Å². The van der Waals surface area contributed by atoms with Gasteiger partial charge in [-0.3, -0.25) is 0 Å². The Kier molecular flexibility index (Phi) is 2.89. The normalized spacial score (nSPS) is 20.6. The fraction of sp³-hybridized carbons (Fsp3) is 0.467. The molecule has 2 heterocycles. The largest absolute Gasteiger partial charge is 0.498 e. The maximum Gasteiger partial charge on any atom is 0.498 e. The summed E-state index contributed by atoms with van der Waals surface area (Å²) in [6.07, 6.45) is 1.65. The van der Waals surface area contributed by atoms with Crippen LogP contribution in [0.25, 0.3) is 11.0 Å².